The van der Waals surface area contributed by atoms with E-state index < -0.39 is 0 Å². The summed E-state index contributed by atoms with van der Waals surface area (Å²) in [6, 6.07) is 3.90. The van der Waals surface area contributed by atoms with Gasteiger partial charge < -0.3 is 4.90 Å². The summed E-state index contributed by atoms with van der Waals surface area (Å²) in [4.78, 5) is 19.4. The molecule has 1 aliphatic heterocycles. The van der Waals surface area contributed by atoms with Crippen LogP contribution in [0.2, 0.25) is 0 Å². The highest BCUT2D eigenvalue weighted by Gasteiger charge is 2.41. The number of carbonyl (C=O) groups is 1. The van der Waals surface area contributed by atoms with Gasteiger partial charge >= 0.3 is 0 Å². The van der Waals surface area contributed by atoms with Crippen molar-refractivity contribution >= 4 is 11.5 Å². The van der Waals surface area contributed by atoms with Crippen molar-refractivity contribution in [3.05, 3.63) is 35.2 Å². The standard InChI is InChI=1S/C20H22N2O/c1-2-16-17(23)13-15-7-6-11-21-18(15)19(16)22-12-10-20(14-22)8-4-3-5-9-20/h1,6-7,11H,3-5,8-10,12-14H2. The molecule has 0 radical (unpaired) electrons. The minimum absolute atomic E-state index is 0.0626. The van der Waals surface area contributed by atoms with Crippen LogP contribution < -0.4 is 0 Å². The molecule has 1 saturated carbocycles. The SMILES string of the molecule is C#CC1=C(N2CCC3(CCCCC3)C2)c2ncccc2CC1=O. The van der Waals surface area contributed by atoms with E-state index in [1.165, 1.54) is 38.5 Å². The molecule has 23 heavy (non-hydrogen) atoms. The van der Waals surface area contributed by atoms with Crippen LogP contribution in [-0.2, 0) is 11.2 Å². The van der Waals surface area contributed by atoms with Crippen LogP contribution >= 0.6 is 0 Å². The van der Waals surface area contributed by atoms with Crippen LogP contribution in [-0.4, -0.2) is 28.8 Å². The predicted molar refractivity (Wildman–Crippen MR) is 90.4 cm³/mol. The zero-order valence-electron chi connectivity index (χ0n) is 13.5. The molecule has 0 N–H and O–H groups in total. The van der Waals surface area contributed by atoms with Gasteiger partial charge in [0.15, 0.2) is 5.78 Å². The fourth-order valence-corrected chi connectivity index (χ4v) is 4.60. The Hall–Kier alpha value is -2.08. The van der Waals surface area contributed by atoms with E-state index in [2.05, 4.69) is 15.8 Å². The molecule has 1 spiro atoms. The molecule has 1 saturated heterocycles. The van der Waals surface area contributed by atoms with Crippen LogP contribution in [0.25, 0.3) is 5.70 Å². The first-order valence-electron chi connectivity index (χ1n) is 8.66. The minimum Gasteiger partial charge on any atom is -0.368 e. The summed E-state index contributed by atoms with van der Waals surface area (Å²) in [7, 11) is 0. The molecular weight excluding hydrogens is 284 g/mol. The molecule has 2 heterocycles. The van der Waals surface area contributed by atoms with Gasteiger partial charge in [0.05, 0.1) is 17.0 Å². The molecule has 118 valence electrons. The van der Waals surface area contributed by atoms with Gasteiger partial charge in [0.2, 0.25) is 0 Å². The van der Waals surface area contributed by atoms with Gasteiger partial charge in [0.1, 0.15) is 0 Å². The zero-order valence-corrected chi connectivity index (χ0v) is 13.5. The third-order valence-electron chi connectivity index (χ3n) is 5.80. The highest BCUT2D eigenvalue weighted by molar-refractivity contribution is 6.09. The van der Waals surface area contributed by atoms with Gasteiger partial charge in [-0.15, -0.1) is 6.42 Å². The van der Waals surface area contributed by atoms with Gasteiger partial charge in [-0.1, -0.05) is 31.2 Å². The molecule has 0 unspecified atom stereocenters. The normalized spacial score (nSPS) is 23.1. The number of pyridine rings is 1. The van der Waals surface area contributed by atoms with Crippen LogP contribution in [0.3, 0.4) is 0 Å². The number of rotatable bonds is 1. The van der Waals surface area contributed by atoms with Crippen molar-refractivity contribution in [1.29, 1.82) is 0 Å². The molecule has 0 aromatic carbocycles. The molecule has 3 aliphatic rings. The van der Waals surface area contributed by atoms with Gasteiger partial charge in [-0.25, -0.2) is 0 Å². The Morgan fingerprint density at radius 3 is 2.83 bits per heavy atom. The van der Waals surface area contributed by atoms with E-state index in [1.54, 1.807) is 6.20 Å². The maximum absolute atomic E-state index is 12.5. The maximum Gasteiger partial charge on any atom is 0.177 e. The van der Waals surface area contributed by atoms with Crippen LogP contribution in [0.4, 0.5) is 0 Å². The van der Waals surface area contributed by atoms with Crippen molar-refractivity contribution in [2.24, 2.45) is 5.41 Å². The second-order valence-electron chi connectivity index (χ2n) is 7.21. The minimum atomic E-state index is 0.0626. The van der Waals surface area contributed by atoms with E-state index in [0.717, 1.165) is 30.0 Å². The first-order valence-corrected chi connectivity index (χ1v) is 8.66. The van der Waals surface area contributed by atoms with E-state index >= 15 is 0 Å². The molecule has 4 rings (SSSR count). The lowest BCUT2D eigenvalue weighted by atomic mass is 9.73. The smallest absolute Gasteiger partial charge is 0.177 e. The van der Waals surface area contributed by atoms with E-state index in [-0.39, 0.29) is 5.78 Å². The summed E-state index contributed by atoms with van der Waals surface area (Å²) in [5.41, 5.74) is 3.82. The number of allylic oxidation sites excluding steroid dienone is 1. The first kappa shape index (κ1) is 14.5. The maximum atomic E-state index is 12.5. The fraction of sp³-hybridized carbons (Fsp3) is 0.500. The summed E-state index contributed by atoms with van der Waals surface area (Å²) < 4.78 is 0. The monoisotopic (exact) mass is 306 g/mol. The van der Waals surface area contributed by atoms with Gasteiger partial charge in [-0.05, 0) is 36.3 Å². The van der Waals surface area contributed by atoms with Crippen LogP contribution in [0, 0.1) is 17.8 Å². The van der Waals surface area contributed by atoms with Crippen molar-refractivity contribution in [2.45, 2.75) is 44.9 Å². The number of carbonyl (C=O) groups excluding carboxylic acids is 1. The lowest BCUT2D eigenvalue weighted by Crippen LogP contribution is -2.31. The molecule has 3 nitrogen and oxygen atoms in total. The number of Topliss-reactive ketones (excluding diaryl/α,β-unsaturated/α-hetero) is 1. The second-order valence-corrected chi connectivity index (χ2v) is 7.21. The summed E-state index contributed by atoms with van der Waals surface area (Å²) in [5.74, 6) is 2.72. The van der Waals surface area contributed by atoms with Gasteiger partial charge in [0.25, 0.3) is 0 Å². The predicted octanol–water partition coefficient (Wildman–Crippen LogP) is 3.21. The van der Waals surface area contributed by atoms with Crippen molar-refractivity contribution in [1.82, 2.24) is 9.88 Å². The summed E-state index contributed by atoms with van der Waals surface area (Å²) in [5, 5.41) is 0. The van der Waals surface area contributed by atoms with E-state index in [0.29, 0.717) is 17.4 Å². The molecule has 1 aromatic heterocycles. The second kappa shape index (κ2) is 5.53. The van der Waals surface area contributed by atoms with Crippen LogP contribution in [0.15, 0.2) is 23.9 Å². The average molecular weight is 306 g/mol. The highest BCUT2D eigenvalue weighted by atomic mass is 16.1. The molecule has 0 atom stereocenters. The number of nitrogens with zero attached hydrogens (tertiary/aromatic N) is 2. The number of terminal acetylenes is 1. The summed E-state index contributed by atoms with van der Waals surface area (Å²) in [6.45, 7) is 2.01. The van der Waals surface area contributed by atoms with Gasteiger partial charge in [0, 0.05) is 25.7 Å². The lowest BCUT2D eigenvalue weighted by molar-refractivity contribution is -0.114. The Morgan fingerprint density at radius 2 is 2.04 bits per heavy atom. The van der Waals surface area contributed by atoms with E-state index in [9.17, 15) is 4.79 Å². The van der Waals surface area contributed by atoms with Crippen molar-refractivity contribution < 1.29 is 4.79 Å². The summed E-state index contributed by atoms with van der Waals surface area (Å²) in [6.07, 6.45) is 15.7. The Morgan fingerprint density at radius 1 is 1.22 bits per heavy atom. The molecule has 1 aromatic rings. The third kappa shape index (κ3) is 2.37. The molecule has 0 amide bonds. The van der Waals surface area contributed by atoms with Crippen molar-refractivity contribution in [2.75, 3.05) is 13.1 Å². The van der Waals surface area contributed by atoms with Gasteiger partial charge in [-0.3, -0.25) is 9.78 Å². The lowest BCUT2D eigenvalue weighted by Gasteiger charge is -2.34. The molecule has 0 bridgehead atoms. The zero-order chi connectivity index (χ0) is 15.9. The van der Waals surface area contributed by atoms with Crippen LogP contribution in [0.1, 0.15) is 49.8 Å². The number of aromatic nitrogens is 1. The van der Waals surface area contributed by atoms with Crippen molar-refractivity contribution in [3.63, 3.8) is 0 Å². The first-order chi connectivity index (χ1) is 11.2. The topological polar surface area (TPSA) is 33.2 Å². The number of ketones is 1. The third-order valence-corrected chi connectivity index (χ3v) is 5.80. The van der Waals surface area contributed by atoms with Crippen molar-refractivity contribution in [3.8, 4) is 12.3 Å². The average Bonchev–Trinajstić information content (AvgIpc) is 2.97. The summed E-state index contributed by atoms with van der Waals surface area (Å²) >= 11 is 0. The fourth-order valence-electron chi connectivity index (χ4n) is 4.60. The van der Waals surface area contributed by atoms with Gasteiger partial charge in [-0.2, -0.15) is 0 Å². The number of hydrogen-bond acceptors (Lipinski definition) is 3. The molecule has 2 fully saturated rings. The Kier molecular flexibility index (Phi) is 3.49. The Bertz CT molecular complexity index is 719. The highest BCUT2D eigenvalue weighted by Crippen LogP contribution is 2.46. The Labute approximate surface area is 137 Å². The van der Waals surface area contributed by atoms with E-state index in [4.69, 9.17) is 6.42 Å². The Balaban J connectivity index is 1.74. The molecule has 2 aliphatic carbocycles. The van der Waals surface area contributed by atoms with Crippen LogP contribution in [0.5, 0.6) is 0 Å². The quantitative estimate of drug-likeness (QED) is 0.747. The number of fused-ring (bicyclic) bond motifs is 1. The molecule has 3 heteroatoms. The number of hydrogen-bond donors (Lipinski definition) is 0. The number of likely N-dealkylation sites (tertiary alicyclic amines) is 1. The molecular formula is C20H22N2O. The largest absolute Gasteiger partial charge is 0.368 e. The van der Waals surface area contributed by atoms with E-state index in [1.807, 2.05) is 12.1 Å².